The highest BCUT2D eigenvalue weighted by Crippen LogP contribution is 2.30. The van der Waals surface area contributed by atoms with E-state index in [1.165, 1.54) is 0 Å². The molecule has 6 heteroatoms. The molecular formula is C20H22Cl2N2O2. The highest BCUT2D eigenvalue weighted by molar-refractivity contribution is 6.27. The number of amides is 2. The van der Waals surface area contributed by atoms with Crippen molar-refractivity contribution in [3.05, 3.63) is 70.8 Å². The topological polar surface area (TPSA) is 58.2 Å². The van der Waals surface area contributed by atoms with Gasteiger partial charge in [0.25, 0.3) is 0 Å². The first-order valence-electron chi connectivity index (χ1n) is 8.28. The Kier molecular flexibility index (Phi) is 7.49. The van der Waals surface area contributed by atoms with Crippen LogP contribution in [0.1, 0.15) is 34.3 Å². The minimum atomic E-state index is -0.475. The smallest absolute Gasteiger partial charge is 0.235 e. The minimum absolute atomic E-state index is 0.160. The van der Waals surface area contributed by atoms with Crippen molar-refractivity contribution in [3.63, 3.8) is 0 Å². The largest absolute Gasteiger partial charge is 0.346 e. The number of hydrogen-bond donors (Lipinski definition) is 2. The highest BCUT2D eigenvalue weighted by atomic mass is 35.5. The van der Waals surface area contributed by atoms with Crippen molar-refractivity contribution in [1.82, 2.24) is 10.6 Å². The first-order chi connectivity index (χ1) is 12.4. The van der Waals surface area contributed by atoms with Crippen LogP contribution in [0.2, 0.25) is 0 Å². The average molecular weight is 393 g/mol. The summed E-state index contributed by atoms with van der Waals surface area (Å²) in [4.78, 5) is 24.1. The molecule has 0 unspecified atom stereocenters. The number of alkyl halides is 2. The van der Waals surface area contributed by atoms with Crippen LogP contribution < -0.4 is 10.6 Å². The van der Waals surface area contributed by atoms with E-state index in [-0.39, 0.29) is 23.6 Å². The van der Waals surface area contributed by atoms with Crippen LogP contribution in [0.15, 0.2) is 48.5 Å². The fourth-order valence-electron chi connectivity index (χ4n) is 2.69. The number of carbonyl (C=O) groups is 2. The number of nitrogens with one attached hydrogen (secondary N) is 2. The Hall–Kier alpha value is -2.04. The van der Waals surface area contributed by atoms with E-state index in [0.29, 0.717) is 0 Å². The molecule has 2 aromatic rings. The van der Waals surface area contributed by atoms with Gasteiger partial charge in [0.2, 0.25) is 11.8 Å². The third kappa shape index (κ3) is 5.48. The van der Waals surface area contributed by atoms with Gasteiger partial charge in [-0.15, -0.1) is 23.2 Å². The molecule has 0 spiro atoms. The molecule has 138 valence electrons. The summed E-state index contributed by atoms with van der Waals surface area (Å²) >= 11 is 11.4. The van der Waals surface area contributed by atoms with Crippen LogP contribution in [0, 0.1) is 13.8 Å². The Bertz CT molecular complexity index is 680. The van der Waals surface area contributed by atoms with Gasteiger partial charge in [0.05, 0.1) is 12.1 Å². The standard InChI is InChI=1S/C20H22Cl2N2O2/c1-13-3-7-15(8-4-13)19(23-17(25)11-21)20(24-18(26)12-22)16-9-5-14(2)6-10-16/h3-10,19-20H,11-12H2,1-2H3,(H,23,25)(H,24,26)/t19-,20-/m0/s1. The van der Waals surface area contributed by atoms with E-state index < -0.39 is 12.1 Å². The van der Waals surface area contributed by atoms with Crippen LogP contribution in [0.5, 0.6) is 0 Å². The van der Waals surface area contributed by atoms with Gasteiger partial charge in [-0.1, -0.05) is 59.7 Å². The predicted molar refractivity (Wildman–Crippen MR) is 106 cm³/mol. The molecule has 0 bridgehead atoms. The Morgan fingerprint density at radius 2 is 1.04 bits per heavy atom. The van der Waals surface area contributed by atoms with Gasteiger partial charge in [-0.2, -0.15) is 0 Å². The molecule has 0 aliphatic carbocycles. The van der Waals surface area contributed by atoms with Crippen molar-refractivity contribution in [1.29, 1.82) is 0 Å². The zero-order valence-corrected chi connectivity index (χ0v) is 16.3. The normalized spacial score (nSPS) is 12.9. The second-order valence-electron chi connectivity index (χ2n) is 6.18. The van der Waals surface area contributed by atoms with Crippen LogP contribution in [0.25, 0.3) is 0 Å². The van der Waals surface area contributed by atoms with Gasteiger partial charge in [-0.05, 0) is 25.0 Å². The van der Waals surface area contributed by atoms with Gasteiger partial charge in [0.1, 0.15) is 11.8 Å². The minimum Gasteiger partial charge on any atom is -0.346 e. The van der Waals surface area contributed by atoms with Crippen LogP contribution in [-0.4, -0.2) is 23.6 Å². The quantitative estimate of drug-likeness (QED) is 0.704. The summed E-state index contributed by atoms with van der Waals surface area (Å²) in [5.41, 5.74) is 3.95. The van der Waals surface area contributed by atoms with E-state index in [4.69, 9.17) is 23.2 Å². The highest BCUT2D eigenvalue weighted by Gasteiger charge is 2.27. The molecule has 0 fully saturated rings. The molecule has 0 heterocycles. The molecule has 0 radical (unpaired) electrons. The maximum absolute atomic E-state index is 12.0. The number of halogens is 2. The Labute approximate surface area is 163 Å². The molecule has 2 atom stereocenters. The lowest BCUT2D eigenvalue weighted by molar-refractivity contribution is -0.122. The van der Waals surface area contributed by atoms with Crippen molar-refractivity contribution in [2.24, 2.45) is 0 Å². The summed E-state index contributed by atoms with van der Waals surface area (Å²) in [7, 11) is 0. The van der Waals surface area contributed by atoms with Crippen molar-refractivity contribution in [3.8, 4) is 0 Å². The molecule has 0 aromatic heterocycles. The molecule has 0 saturated heterocycles. The molecule has 2 rings (SSSR count). The lowest BCUT2D eigenvalue weighted by atomic mass is 9.92. The van der Waals surface area contributed by atoms with Crippen molar-refractivity contribution in [2.45, 2.75) is 25.9 Å². The van der Waals surface area contributed by atoms with E-state index in [1.807, 2.05) is 62.4 Å². The average Bonchev–Trinajstić information content (AvgIpc) is 2.65. The van der Waals surface area contributed by atoms with Gasteiger partial charge in [0, 0.05) is 0 Å². The molecule has 2 aromatic carbocycles. The molecule has 0 aliphatic heterocycles. The second-order valence-corrected chi connectivity index (χ2v) is 6.71. The molecule has 4 nitrogen and oxygen atoms in total. The first-order valence-corrected chi connectivity index (χ1v) is 9.35. The zero-order chi connectivity index (χ0) is 19.1. The Balaban J connectivity index is 2.47. The van der Waals surface area contributed by atoms with E-state index in [0.717, 1.165) is 22.3 Å². The molecule has 0 saturated carbocycles. The van der Waals surface area contributed by atoms with Gasteiger partial charge < -0.3 is 10.6 Å². The molecule has 2 N–H and O–H groups in total. The summed E-state index contributed by atoms with van der Waals surface area (Å²) in [5, 5.41) is 5.83. The fraction of sp³-hybridized carbons (Fsp3) is 0.300. The van der Waals surface area contributed by atoms with Crippen molar-refractivity contribution in [2.75, 3.05) is 11.8 Å². The monoisotopic (exact) mass is 392 g/mol. The SMILES string of the molecule is Cc1ccc([C@H](NC(=O)CCl)[C@@H](NC(=O)CCl)c2ccc(C)cc2)cc1. The Morgan fingerprint density at radius 3 is 1.31 bits per heavy atom. The summed E-state index contributed by atoms with van der Waals surface area (Å²) in [6.45, 7) is 3.98. The van der Waals surface area contributed by atoms with Crippen LogP contribution in [0.3, 0.4) is 0 Å². The lowest BCUT2D eigenvalue weighted by Gasteiger charge is -2.30. The van der Waals surface area contributed by atoms with Crippen molar-refractivity contribution < 1.29 is 9.59 Å². The summed E-state index contributed by atoms with van der Waals surface area (Å²) in [6, 6.07) is 14.6. The predicted octanol–water partition coefficient (Wildman–Crippen LogP) is 3.80. The zero-order valence-electron chi connectivity index (χ0n) is 14.8. The second kappa shape index (κ2) is 9.60. The van der Waals surface area contributed by atoms with Crippen LogP contribution >= 0.6 is 23.2 Å². The number of hydrogen-bond acceptors (Lipinski definition) is 2. The molecular weight excluding hydrogens is 371 g/mol. The summed E-state index contributed by atoms with van der Waals surface area (Å²) in [6.07, 6.45) is 0. The molecule has 2 amide bonds. The maximum Gasteiger partial charge on any atom is 0.235 e. The molecule has 0 aliphatic rings. The van der Waals surface area contributed by atoms with Gasteiger partial charge in [0.15, 0.2) is 0 Å². The third-order valence-corrected chi connectivity index (χ3v) is 4.57. The van der Waals surface area contributed by atoms with E-state index >= 15 is 0 Å². The summed E-state index contributed by atoms with van der Waals surface area (Å²) < 4.78 is 0. The van der Waals surface area contributed by atoms with Gasteiger partial charge in [-0.3, -0.25) is 9.59 Å². The fourth-order valence-corrected chi connectivity index (χ4v) is 2.84. The van der Waals surface area contributed by atoms with Crippen LogP contribution in [0.4, 0.5) is 0 Å². The molecule has 26 heavy (non-hydrogen) atoms. The van der Waals surface area contributed by atoms with Gasteiger partial charge in [-0.25, -0.2) is 0 Å². The first kappa shape index (κ1) is 20.3. The van der Waals surface area contributed by atoms with E-state index in [2.05, 4.69) is 10.6 Å². The van der Waals surface area contributed by atoms with Crippen LogP contribution in [-0.2, 0) is 9.59 Å². The maximum atomic E-state index is 12.0. The summed E-state index contributed by atoms with van der Waals surface area (Å²) in [5.74, 6) is -0.942. The number of rotatable bonds is 7. The number of aryl methyl sites for hydroxylation is 2. The van der Waals surface area contributed by atoms with E-state index in [1.54, 1.807) is 0 Å². The lowest BCUT2D eigenvalue weighted by Crippen LogP contribution is -2.41. The third-order valence-electron chi connectivity index (χ3n) is 4.08. The Morgan fingerprint density at radius 1 is 0.731 bits per heavy atom. The number of carbonyl (C=O) groups excluding carboxylic acids is 2. The van der Waals surface area contributed by atoms with Crippen molar-refractivity contribution >= 4 is 35.0 Å². The van der Waals surface area contributed by atoms with E-state index in [9.17, 15) is 9.59 Å². The number of benzene rings is 2. The van der Waals surface area contributed by atoms with Gasteiger partial charge >= 0.3 is 0 Å².